The second-order valence-electron chi connectivity index (χ2n) is 7.66. The summed E-state index contributed by atoms with van der Waals surface area (Å²) in [7, 11) is 0. The van der Waals surface area contributed by atoms with Gasteiger partial charge in [0, 0.05) is 24.7 Å². The molecule has 0 aromatic carbocycles. The van der Waals surface area contributed by atoms with Crippen molar-refractivity contribution in [2.24, 2.45) is 11.3 Å². The molecule has 0 bridgehead atoms. The smallest absolute Gasteiger partial charge is 0.0303 e. The van der Waals surface area contributed by atoms with E-state index in [2.05, 4.69) is 58.7 Å². The van der Waals surface area contributed by atoms with Gasteiger partial charge in [-0.1, -0.05) is 27.7 Å². The molecule has 0 amide bonds. The number of rotatable bonds is 4. The molecule has 1 heterocycles. The van der Waals surface area contributed by atoms with E-state index >= 15 is 0 Å². The molecule has 0 spiro atoms. The van der Waals surface area contributed by atoms with Crippen LogP contribution in [-0.4, -0.2) is 36.1 Å². The first-order valence-electron chi connectivity index (χ1n) is 7.11. The van der Waals surface area contributed by atoms with Crippen LogP contribution in [0.3, 0.4) is 0 Å². The van der Waals surface area contributed by atoms with Gasteiger partial charge in [-0.15, -0.1) is 0 Å². The molecule has 0 aromatic rings. The van der Waals surface area contributed by atoms with Crippen LogP contribution in [0.5, 0.6) is 0 Å². The summed E-state index contributed by atoms with van der Waals surface area (Å²) in [6.07, 6.45) is 1.36. The minimum atomic E-state index is 0.260. The average Bonchev–Trinajstić information content (AvgIpc) is 2.60. The van der Waals surface area contributed by atoms with E-state index in [4.69, 9.17) is 0 Å². The predicted molar refractivity (Wildman–Crippen MR) is 76.4 cm³/mol. The lowest BCUT2D eigenvalue weighted by Gasteiger charge is -2.42. The molecule has 0 aliphatic carbocycles. The maximum absolute atomic E-state index is 3.71. The second kappa shape index (κ2) is 5.27. The fourth-order valence-corrected chi connectivity index (χ4v) is 2.44. The van der Waals surface area contributed by atoms with E-state index in [0.29, 0.717) is 11.5 Å². The molecule has 1 aliphatic rings. The van der Waals surface area contributed by atoms with Crippen LogP contribution in [0.15, 0.2) is 0 Å². The highest BCUT2D eigenvalue weighted by atomic mass is 15.2. The van der Waals surface area contributed by atoms with Crippen molar-refractivity contribution in [3.63, 3.8) is 0 Å². The molecule has 1 rings (SSSR count). The molecule has 1 fully saturated rings. The minimum Gasteiger partial charge on any atom is -0.312 e. The number of nitrogens with zero attached hydrogens (tertiary/aromatic N) is 1. The number of nitrogens with one attached hydrogen (secondary N) is 1. The molecular formula is C15H32N2. The monoisotopic (exact) mass is 240 g/mol. The fraction of sp³-hybridized carbons (Fsp3) is 1.00. The highest BCUT2D eigenvalue weighted by molar-refractivity contribution is 4.94. The molecule has 1 aliphatic heterocycles. The largest absolute Gasteiger partial charge is 0.312 e. The molecule has 0 radical (unpaired) electrons. The third-order valence-electron chi connectivity index (χ3n) is 4.24. The van der Waals surface area contributed by atoms with Crippen LogP contribution < -0.4 is 5.32 Å². The topological polar surface area (TPSA) is 15.3 Å². The van der Waals surface area contributed by atoms with Crippen LogP contribution in [0.1, 0.15) is 54.9 Å². The minimum absolute atomic E-state index is 0.260. The zero-order valence-electron chi connectivity index (χ0n) is 12.9. The van der Waals surface area contributed by atoms with Gasteiger partial charge >= 0.3 is 0 Å². The van der Waals surface area contributed by atoms with Crippen LogP contribution in [-0.2, 0) is 0 Å². The lowest BCUT2D eigenvalue weighted by molar-refractivity contribution is 0.105. The van der Waals surface area contributed by atoms with Crippen molar-refractivity contribution in [1.82, 2.24) is 10.2 Å². The summed E-state index contributed by atoms with van der Waals surface area (Å²) in [6, 6.07) is 0.534. The number of hydrogen-bond donors (Lipinski definition) is 1. The summed E-state index contributed by atoms with van der Waals surface area (Å²) in [5.41, 5.74) is 0.624. The molecule has 2 atom stereocenters. The Kier molecular flexibility index (Phi) is 4.65. The van der Waals surface area contributed by atoms with Gasteiger partial charge in [-0.05, 0) is 45.1 Å². The second-order valence-corrected chi connectivity index (χ2v) is 7.66. The molecule has 2 nitrogen and oxygen atoms in total. The molecule has 2 unspecified atom stereocenters. The Morgan fingerprint density at radius 2 is 1.82 bits per heavy atom. The lowest BCUT2D eigenvalue weighted by Crippen LogP contribution is -2.56. The average molecular weight is 240 g/mol. The van der Waals surface area contributed by atoms with Gasteiger partial charge < -0.3 is 5.32 Å². The zero-order valence-corrected chi connectivity index (χ0v) is 12.9. The van der Waals surface area contributed by atoms with Gasteiger partial charge in [-0.2, -0.15) is 0 Å². The first kappa shape index (κ1) is 15.0. The first-order chi connectivity index (χ1) is 7.63. The Balaban J connectivity index is 2.51. The summed E-state index contributed by atoms with van der Waals surface area (Å²) < 4.78 is 0. The van der Waals surface area contributed by atoms with Gasteiger partial charge in [-0.3, -0.25) is 4.90 Å². The zero-order chi connectivity index (χ0) is 13.3. The van der Waals surface area contributed by atoms with Gasteiger partial charge in [0.1, 0.15) is 0 Å². The quantitative estimate of drug-likeness (QED) is 0.812. The summed E-state index contributed by atoms with van der Waals surface area (Å²) in [4.78, 5) is 2.65. The number of hydrogen-bond acceptors (Lipinski definition) is 2. The van der Waals surface area contributed by atoms with Crippen molar-refractivity contribution in [3.05, 3.63) is 0 Å². The van der Waals surface area contributed by atoms with Crippen LogP contribution >= 0.6 is 0 Å². The third-order valence-corrected chi connectivity index (χ3v) is 4.24. The summed E-state index contributed by atoms with van der Waals surface area (Å²) in [6.45, 7) is 19.9. The highest BCUT2D eigenvalue weighted by Crippen LogP contribution is 2.27. The van der Waals surface area contributed by atoms with Crippen molar-refractivity contribution in [2.45, 2.75) is 66.5 Å². The van der Waals surface area contributed by atoms with Crippen molar-refractivity contribution >= 4 is 0 Å². The summed E-state index contributed by atoms with van der Waals surface area (Å²) >= 11 is 0. The van der Waals surface area contributed by atoms with Crippen molar-refractivity contribution in [3.8, 4) is 0 Å². The predicted octanol–water partition coefficient (Wildman–Crippen LogP) is 3.13. The third kappa shape index (κ3) is 4.26. The van der Waals surface area contributed by atoms with Crippen LogP contribution in [0.25, 0.3) is 0 Å². The lowest BCUT2D eigenvalue weighted by atomic mass is 9.91. The SMILES string of the molecule is CC1CCN(C(C)(C)C(C)NCC(C)(C)C)C1. The maximum Gasteiger partial charge on any atom is 0.0303 e. The molecule has 102 valence electrons. The molecular weight excluding hydrogens is 208 g/mol. The Bertz CT molecular complexity index is 240. The van der Waals surface area contributed by atoms with Crippen molar-refractivity contribution < 1.29 is 0 Å². The molecule has 1 N–H and O–H groups in total. The number of likely N-dealkylation sites (tertiary alicyclic amines) is 1. The van der Waals surface area contributed by atoms with Gasteiger partial charge in [0.2, 0.25) is 0 Å². The van der Waals surface area contributed by atoms with E-state index in [1.807, 2.05) is 0 Å². The van der Waals surface area contributed by atoms with Gasteiger partial charge in [0.25, 0.3) is 0 Å². The van der Waals surface area contributed by atoms with Gasteiger partial charge in [-0.25, -0.2) is 0 Å². The van der Waals surface area contributed by atoms with E-state index in [1.54, 1.807) is 0 Å². The molecule has 0 saturated carbocycles. The Hall–Kier alpha value is -0.0800. The van der Waals surface area contributed by atoms with E-state index < -0.39 is 0 Å². The summed E-state index contributed by atoms with van der Waals surface area (Å²) in [5.74, 6) is 0.865. The normalized spacial score (nSPS) is 25.2. The first-order valence-corrected chi connectivity index (χ1v) is 7.11. The Morgan fingerprint density at radius 1 is 1.24 bits per heavy atom. The molecule has 0 aromatic heterocycles. The molecule has 17 heavy (non-hydrogen) atoms. The van der Waals surface area contributed by atoms with E-state index in [0.717, 1.165) is 12.5 Å². The van der Waals surface area contributed by atoms with Gasteiger partial charge in [0.15, 0.2) is 0 Å². The fourth-order valence-electron chi connectivity index (χ4n) is 2.44. The standard InChI is InChI=1S/C15H32N2/c1-12-8-9-17(10-12)15(6,7)13(2)16-11-14(3,4)5/h12-13,16H,8-11H2,1-7H3. The van der Waals surface area contributed by atoms with E-state index in [9.17, 15) is 0 Å². The highest BCUT2D eigenvalue weighted by Gasteiger charge is 2.36. The van der Waals surface area contributed by atoms with Gasteiger partial charge in [0.05, 0.1) is 0 Å². The van der Waals surface area contributed by atoms with Crippen LogP contribution in [0.2, 0.25) is 0 Å². The van der Waals surface area contributed by atoms with E-state index in [1.165, 1.54) is 19.5 Å². The summed E-state index contributed by atoms with van der Waals surface area (Å²) in [5, 5.41) is 3.71. The Morgan fingerprint density at radius 3 is 2.24 bits per heavy atom. The molecule has 1 saturated heterocycles. The van der Waals surface area contributed by atoms with E-state index in [-0.39, 0.29) is 5.54 Å². The molecule has 2 heteroatoms. The Labute approximate surface area is 108 Å². The van der Waals surface area contributed by atoms with Crippen molar-refractivity contribution in [1.29, 1.82) is 0 Å². The van der Waals surface area contributed by atoms with Crippen LogP contribution in [0.4, 0.5) is 0 Å². The maximum atomic E-state index is 3.71. The van der Waals surface area contributed by atoms with Crippen molar-refractivity contribution in [2.75, 3.05) is 19.6 Å². The van der Waals surface area contributed by atoms with Crippen LogP contribution in [0, 0.1) is 11.3 Å².